The van der Waals surface area contributed by atoms with E-state index >= 15 is 0 Å². The first-order valence-electron chi connectivity index (χ1n) is 10.8. The fourth-order valence-electron chi connectivity index (χ4n) is 3.38. The van der Waals surface area contributed by atoms with Gasteiger partial charge in [0.15, 0.2) is 5.17 Å². The van der Waals surface area contributed by atoms with E-state index in [-0.39, 0.29) is 11.5 Å². The van der Waals surface area contributed by atoms with Crippen LogP contribution in [0.1, 0.15) is 28.4 Å². The molecule has 184 valence electrons. The minimum atomic E-state index is -1.00. The first kappa shape index (κ1) is 26.5. The summed E-state index contributed by atoms with van der Waals surface area (Å²) in [5, 5.41) is 10.3. The fraction of sp³-hybridized carbons (Fsp3) is 0.115. The van der Waals surface area contributed by atoms with Crippen LogP contribution in [0.4, 0.5) is 5.69 Å². The minimum Gasteiger partial charge on any atom is -0.486 e. The van der Waals surface area contributed by atoms with E-state index in [0.717, 1.165) is 20.1 Å². The number of nitrogens with zero attached hydrogens (tertiary/aromatic N) is 2. The van der Waals surface area contributed by atoms with Crippen LogP contribution in [0.15, 0.2) is 79.5 Å². The second-order valence-electron chi connectivity index (χ2n) is 7.60. The molecule has 1 aliphatic heterocycles. The molecule has 1 saturated heterocycles. The summed E-state index contributed by atoms with van der Waals surface area (Å²) >= 11 is 14.6. The molecule has 0 radical (unpaired) electrons. The van der Waals surface area contributed by atoms with Crippen molar-refractivity contribution in [1.82, 2.24) is 4.90 Å². The van der Waals surface area contributed by atoms with Crippen LogP contribution in [0.25, 0.3) is 6.08 Å². The quantitative estimate of drug-likeness (QED) is 0.265. The maximum atomic E-state index is 13.0. The van der Waals surface area contributed by atoms with Gasteiger partial charge < -0.3 is 9.84 Å². The minimum absolute atomic E-state index is 0.144. The number of carboxylic acid groups (broad SMARTS) is 1. The Hall–Kier alpha value is -2.59. The van der Waals surface area contributed by atoms with Crippen molar-refractivity contribution in [2.75, 3.05) is 6.54 Å². The maximum absolute atomic E-state index is 13.0. The number of halogens is 3. The third kappa shape index (κ3) is 6.03. The Morgan fingerprint density at radius 3 is 2.42 bits per heavy atom. The number of amidine groups is 1. The molecule has 0 atom stereocenters. The van der Waals surface area contributed by atoms with Crippen molar-refractivity contribution in [2.45, 2.75) is 13.5 Å². The van der Waals surface area contributed by atoms with E-state index in [9.17, 15) is 9.59 Å². The Kier molecular flexibility index (Phi) is 8.56. The van der Waals surface area contributed by atoms with Crippen LogP contribution in [0, 0.1) is 0 Å². The van der Waals surface area contributed by atoms with Crippen LogP contribution in [-0.4, -0.2) is 33.6 Å². The molecule has 0 bridgehead atoms. The molecular weight excluding hydrogens is 632 g/mol. The Labute approximate surface area is 234 Å². The maximum Gasteiger partial charge on any atom is 0.335 e. The number of hydrogen-bond donors (Lipinski definition) is 1. The number of ether oxygens (including phenoxy) is 1. The summed E-state index contributed by atoms with van der Waals surface area (Å²) < 4.78 is 7.44. The number of aromatic carboxylic acids is 1. The molecule has 1 amide bonds. The van der Waals surface area contributed by atoms with E-state index in [1.165, 1.54) is 23.9 Å². The molecule has 1 heterocycles. The molecule has 0 aliphatic carbocycles. The highest BCUT2D eigenvalue weighted by molar-refractivity contribution is 9.11. The molecule has 1 aliphatic rings. The van der Waals surface area contributed by atoms with Gasteiger partial charge in [-0.1, -0.05) is 29.8 Å². The number of thioether (sulfide) groups is 1. The van der Waals surface area contributed by atoms with Crippen molar-refractivity contribution in [3.8, 4) is 5.75 Å². The van der Waals surface area contributed by atoms with Crippen molar-refractivity contribution < 1.29 is 19.4 Å². The summed E-state index contributed by atoms with van der Waals surface area (Å²) in [6.45, 7) is 2.64. The molecule has 4 rings (SSSR count). The average Bonchev–Trinajstić information content (AvgIpc) is 3.13. The van der Waals surface area contributed by atoms with Crippen molar-refractivity contribution in [2.24, 2.45) is 4.99 Å². The molecule has 3 aromatic carbocycles. The summed E-state index contributed by atoms with van der Waals surface area (Å²) in [7, 11) is 0. The van der Waals surface area contributed by atoms with Gasteiger partial charge in [0.25, 0.3) is 5.91 Å². The largest absolute Gasteiger partial charge is 0.486 e. The molecule has 1 fully saturated rings. The van der Waals surface area contributed by atoms with E-state index in [2.05, 4.69) is 36.9 Å². The predicted molar refractivity (Wildman–Crippen MR) is 151 cm³/mol. The molecule has 0 spiro atoms. The summed E-state index contributed by atoms with van der Waals surface area (Å²) in [6.07, 6.45) is 1.80. The molecular formula is C26H19Br2ClN2O4S. The number of carbonyl (C=O) groups excluding carboxylic acids is 1. The van der Waals surface area contributed by atoms with Gasteiger partial charge in [0.05, 0.1) is 25.1 Å². The van der Waals surface area contributed by atoms with E-state index < -0.39 is 5.97 Å². The Balaban J connectivity index is 1.55. The van der Waals surface area contributed by atoms with Gasteiger partial charge in [-0.15, -0.1) is 0 Å². The number of carbonyl (C=O) groups is 2. The number of benzene rings is 3. The van der Waals surface area contributed by atoms with Crippen molar-refractivity contribution in [1.29, 1.82) is 0 Å². The molecule has 0 saturated carbocycles. The molecule has 6 nitrogen and oxygen atoms in total. The molecule has 10 heteroatoms. The van der Waals surface area contributed by atoms with Crippen LogP contribution >= 0.6 is 55.2 Å². The number of aliphatic imine (C=N–C) groups is 1. The Morgan fingerprint density at radius 1 is 1.14 bits per heavy atom. The number of carboxylic acids is 1. The summed E-state index contributed by atoms with van der Waals surface area (Å²) in [4.78, 5) is 30.8. The van der Waals surface area contributed by atoms with Crippen LogP contribution in [0.2, 0.25) is 5.02 Å². The summed E-state index contributed by atoms with van der Waals surface area (Å²) in [5.41, 5.74) is 2.43. The Bertz CT molecular complexity index is 1370. The fourth-order valence-corrected chi connectivity index (χ4v) is 6.08. The normalized spacial score (nSPS) is 15.7. The smallest absolute Gasteiger partial charge is 0.335 e. The molecule has 0 aromatic heterocycles. The van der Waals surface area contributed by atoms with Crippen LogP contribution in [0.3, 0.4) is 0 Å². The van der Waals surface area contributed by atoms with Gasteiger partial charge in [-0.25, -0.2) is 9.79 Å². The van der Waals surface area contributed by atoms with Gasteiger partial charge in [-0.3, -0.25) is 9.69 Å². The second-order valence-corrected chi connectivity index (χ2v) is 10.7. The lowest BCUT2D eigenvalue weighted by molar-refractivity contribution is -0.122. The lowest BCUT2D eigenvalue weighted by Gasteiger charge is -2.12. The molecule has 36 heavy (non-hydrogen) atoms. The lowest BCUT2D eigenvalue weighted by Crippen LogP contribution is -2.28. The van der Waals surface area contributed by atoms with Crippen molar-refractivity contribution >= 4 is 84.0 Å². The van der Waals surface area contributed by atoms with Crippen LogP contribution in [-0.2, 0) is 11.4 Å². The third-order valence-electron chi connectivity index (χ3n) is 5.19. The standard InChI is InChI=1S/C26H19Br2ClN2O4S/c1-2-31-24(32)22(36-26(31)30-18-9-7-16(8-10-18)25(33)34)13-15-11-19(27)23(20(28)12-15)35-14-17-5-3-4-6-21(17)29/h3-13H,2,14H2,1H3,(H,33,34)/b22-13-,30-26?. The zero-order valence-electron chi connectivity index (χ0n) is 18.9. The highest BCUT2D eigenvalue weighted by Gasteiger charge is 2.32. The SMILES string of the molecule is CCN1C(=O)/C(=C/c2cc(Br)c(OCc3ccccc3Cl)c(Br)c2)SC1=Nc1ccc(C(=O)O)cc1. The lowest BCUT2D eigenvalue weighted by atomic mass is 10.2. The van der Waals surface area contributed by atoms with E-state index in [0.29, 0.717) is 39.7 Å². The van der Waals surface area contributed by atoms with Crippen LogP contribution < -0.4 is 4.74 Å². The van der Waals surface area contributed by atoms with E-state index in [1.807, 2.05) is 43.3 Å². The molecule has 0 unspecified atom stereocenters. The van der Waals surface area contributed by atoms with Gasteiger partial charge in [0.2, 0.25) is 0 Å². The van der Waals surface area contributed by atoms with Gasteiger partial charge in [0, 0.05) is 17.1 Å². The van der Waals surface area contributed by atoms with Crippen molar-refractivity contribution in [3.05, 3.63) is 96.2 Å². The average molecular weight is 651 g/mol. The summed E-state index contributed by atoms with van der Waals surface area (Å²) in [6, 6.07) is 17.5. The zero-order chi connectivity index (χ0) is 25.8. The summed E-state index contributed by atoms with van der Waals surface area (Å²) in [5.74, 6) is -0.517. The zero-order valence-corrected chi connectivity index (χ0v) is 23.6. The molecule has 1 N–H and O–H groups in total. The monoisotopic (exact) mass is 648 g/mol. The highest BCUT2D eigenvalue weighted by atomic mass is 79.9. The number of amides is 1. The second kappa shape index (κ2) is 11.6. The van der Waals surface area contributed by atoms with Gasteiger partial charge in [0.1, 0.15) is 12.4 Å². The highest BCUT2D eigenvalue weighted by Crippen LogP contribution is 2.39. The Morgan fingerprint density at radius 2 is 1.81 bits per heavy atom. The number of likely N-dealkylation sites (N-methyl/N-ethyl adjacent to an activating group) is 1. The topological polar surface area (TPSA) is 79.2 Å². The third-order valence-corrected chi connectivity index (χ3v) is 7.74. The number of rotatable bonds is 7. The van der Waals surface area contributed by atoms with Gasteiger partial charge in [-0.05, 0) is 105 Å². The van der Waals surface area contributed by atoms with Gasteiger partial charge >= 0.3 is 5.97 Å². The van der Waals surface area contributed by atoms with E-state index in [1.54, 1.807) is 23.1 Å². The van der Waals surface area contributed by atoms with Crippen molar-refractivity contribution in [3.63, 3.8) is 0 Å². The first-order valence-corrected chi connectivity index (χ1v) is 13.5. The van der Waals surface area contributed by atoms with Crippen LogP contribution in [0.5, 0.6) is 5.75 Å². The number of hydrogen-bond acceptors (Lipinski definition) is 5. The predicted octanol–water partition coefficient (Wildman–Crippen LogP) is 7.77. The first-order chi connectivity index (χ1) is 17.3. The van der Waals surface area contributed by atoms with Gasteiger partial charge in [-0.2, -0.15) is 0 Å². The van der Waals surface area contributed by atoms with E-state index in [4.69, 9.17) is 21.4 Å². The molecule has 3 aromatic rings.